The predicted octanol–water partition coefficient (Wildman–Crippen LogP) is 2.96. The van der Waals surface area contributed by atoms with Gasteiger partial charge in [0.25, 0.3) is 0 Å². The van der Waals surface area contributed by atoms with Gasteiger partial charge in [0.1, 0.15) is 5.60 Å². The molecule has 0 aliphatic rings. The fourth-order valence-corrected chi connectivity index (χ4v) is 1.90. The lowest BCUT2D eigenvalue weighted by Crippen LogP contribution is -2.29. The van der Waals surface area contributed by atoms with E-state index in [4.69, 9.17) is 9.84 Å². The monoisotopic (exact) mass is 266 g/mol. The van der Waals surface area contributed by atoms with Crippen LogP contribution in [0.2, 0.25) is 0 Å². The van der Waals surface area contributed by atoms with Crippen molar-refractivity contribution in [1.29, 1.82) is 0 Å². The summed E-state index contributed by atoms with van der Waals surface area (Å²) in [6.07, 6.45) is 2.11. The second kappa shape index (κ2) is 6.10. The van der Waals surface area contributed by atoms with E-state index in [1.54, 1.807) is 0 Å². The van der Waals surface area contributed by atoms with Gasteiger partial charge in [0.2, 0.25) is 0 Å². The van der Waals surface area contributed by atoms with Crippen molar-refractivity contribution in [3.63, 3.8) is 0 Å². The summed E-state index contributed by atoms with van der Waals surface area (Å²) in [5.41, 5.74) is 0.140. The van der Waals surface area contributed by atoms with Crippen molar-refractivity contribution >= 4 is 5.97 Å². The van der Waals surface area contributed by atoms with Gasteiger partial charge in [0, 0.05) is 12.8 Å². The quantitative estimate of drug-likeness (QED) is 0.857. The zero-order valence-electron chi connectivity index (χ0n) is 12.2. The molecule has 0 saturated carbocycles. The van der Waals surface area contributed by atoms with Crippen molar-refractivity contribution in [3.8, 4) is 0 Å². The van der Waals surface area contributed by atoms with Crippen LogP contribution in [0.4, 0.5) is 0 Å². The van der Waals surface area contributed by atoms with Gasteiger partial charge in [-0.15, -0.1) is 0 Å². The molecule has 0 spiro atoms. The molecule has 1 N–H and O–H groups in total. The summed E-state index contributed by atoms with van der Waals surface area (Å²) < 4.78 is 5.73. The average molecular weight is 266 g/mol. The van der Waals surface area contributed by atoms with E-state index < -0.39 is 11.6 Å². The molecule has 1 atom stereocenters. The molecule has 5 nitrogen and oxygen atoms in total. The Morgan fingerprint density at radius 2 is 2.11 bits per heavy atom. The molecule has 5 heteroatoms. The van der Waals surface area contributed by atoms with Crippen LogP contribution in [0.5, 0.6) is 0 Å². The summed E-state index contributed by atoms with van der Waals surface area (Å²) >= 11 is 0. The lowest BCUT2D eigenvalue weighted by Gasteiger charge is -2.27. The topological polar surface area (TPSA) is 72.3 Å². The molecule has 0 amide bonds. The summed E-state index contributed by atoms with van der Waals surface area (Å²) in [5, 5.41) is 9.16. The van der Waals surface area contributed by atoms with Gasteiger partial charge < -0.3 is 9.84 Å². The molecule has 0 aromatic carbocycles. The predicted molar refractivity (Wildman–Crippen MR) is 72.3 cm³/mol. The second-order valence-corrected chi connectivity index (χ2v) is 4.97. The highest BCUT2D eigenvalue weighted by Gasteiger charge is 2.30. The molecule has 1 heterocycles. The van der Waals surface area contributed by atoms with Gasteiger partial charge in [-0.05, 0) is 26.2 Å². The van der Waals surface area contributed by atoms with E-state index in [2.05, 4.69) is 9.97 Å². The van der Waals surface area contributed by atoms with Crippen LogP contribution >= 0.6 is 0 Å². The third kappa shape index (κ3) is 3.29. The van der Waals surface area contributed by atoms with Crippen molar-refractivity contribution in [2.45, 2.75) is 52.6 Å². The summed E-state index contributed by atoms with van der Waals surface area (Å²) in [6.45, 7) is 10.2. The number of hydrogen-bond donors (Lipinski definition) is 1. The molecule has 106 valence electrons. The molecule has 0 aliphatic heterocycles. The first kappa shape index (κ1) is 15.6. The number of hydrogen-bond acceptors (Lipinski definition) is 4. The first-order chi connectivity index (χ1) is 8.85. The molecule has 19 heavy (non-hydrogen) atoms. The maximum absolute atomic E-state index is 11.2. The Balaban J connectivity index is 3.32. The van der Waals surface area contributed by atoms with E-state index >= 15 is 0 Å². The number of carboxylic acid groups (broad SMARTS) is 1. The fraction of sp³-hybridized carbons (Fsp3) is 0.643. The van der Waals surface area contributed by atoms with E-state index in [1.807, 2.05) is 34.6 Å². The van der Waals surface area contributed by atoms with Gasteiger partial charge in [0.05, 0.1) is 11.3 Å². The van der Waals surface area contributed by atoms with E-state index in [0.717, 1.165) is 6.42 Å². The number of ether oxygens (including phenoxy) is 1. The maximum Gasteiger partial charge on any atom is 0.339 e. The summed E-state index contributed by atoms with van der Waals surface area (Å²) in [6, 6.07) is 0. The van der Waals surface area contributed by atoms with Crippen LogP contribution in [-0.4, -0.2) is 27.7 Å². The zero-order valence-corrected chi connectivity index (χ0v) is 12.2. The highest BCUT2D eigenvalue weighted by Crippen LogP contribution is 2.28. The number of carbonyl (C=O) groups is 1. The Morgan fingerprint density at radius 3 is 2.53 bits per heavy atom. The molecule has 1 aromatic heterocycles. The molecule has 0 aliphatic carbocycles. The highest BCUT2D eigenvalue weighted by molar-refractivity contribution is 5.88. The average Bonchev–Trinajstić information content (AvgIpc) is 2.37. The normalized spacial score (nSPS) is 14.4. The lowest BCUT2D eigenvalue weighted by atomic mass is 10.00. The Morgan fingerprint density at radius 1 is 1.47 bits per heavy atom. The first-order valence-electron chi connectivity index (χ1n) is 6.60. The summed E-state index contributed by atoms with van der Waals surface area (Å²) in [4.78, 5) is 19.8. The molecule has 1 rings (SSSR count). The highest BCUT2D eigenvalue weighted by atomic mass is 16.5. The Labute approximate surface area is 114 Å². The van der Waals surface area contributed by atoms with Crippen LogP contribution < -0.4 is 0 Å². The largest absolute Gasteiger partial charge is 0.478 e. The molecular formula is C14H22N2O3. The Bertz CT molecular complexity index is 460. The molecule has 0 fully saturated rings. The smallest absolute Gasteiger partial charge is 0.339 e. The molecule has 0 bridgehead atoms. The van der Waals surface area contributed by atoms with Crippen molar-refractivity contribution in [2.24, 2.45) is 0 Å². The minimum Gasteiger partial charge on any atom is -0.478 e. The standard InChI is InChI=1S/C14H22N2O3/c1-6-14(5,19-7-2)13-15-8-10(12(17)18)11(16-13)9(3)4/h8-9H,6-7H2,1-5H3,(H,17,18). The lowest BCUT2D eigenvalue weighted by molar-refractivity contribution is -0.0392. The van der Waals surface area contributed by atoms with Gasteiger partial charge in [-0.3, -0.25) is 0 Å². The Kier molecular flexibility index (Phi) is 5.00. The molecule has 0 saturated heterocycles. The van der Waals surface area contributed by atoms with Gasteiger partial charge in [0.15, 0.2) is 5.82 Å². The maximum atomic E-state index is 11.2. The third-order valence-electron chi connectivity index (χ3n) is 3.21. The van der Waals surface area contributed by atoms with Gasteiger partial charge in [-0.25, -0.2) is 14.8 Å². The fourth-order valence-electron chi connectivity index (χ4n) is 1.90. The van der Waals surface area contributed by atoms with Crippen LogP contribution in [0.1, 0.15) is 68.8 Å². The van der Waals surface area contributed by atoms with Crippen molar-refractivity contribution in [1.82, 2.24) is 9.97 Å². The van der Waals surface area contributed by atoms with E-state index in [1.165, 1.54) is 6.20 Å². The van der Waals surface area contributed by atoms with Gasteiger partial charge in [-0.2, -0.15) is 0 Å². The number of rotatable bonds is 6. The number of aromatic carboxylic acids is 1. The van der Waals surface area contributed by atoms with Crippen molar-refractivity contribution in [3.05, 3.63) is 23.3 Å². The second-order valence-electron chi connectivity index (χ2n) is 4.97. The first-order valence-corrected chi connectivity index (χ1v) is 6.60. The van der Waals surface area contributed by atoms with Crippen LogP contribution in [0.25, 0.3) is 0 Å². The number of aromatic nitrogens is 2. The minimum absolute atomic E-state index is 0.0237. The van der Waals surface area contributed by atoms with Gasteiger partial charge >= 0.3 is 5.97 Å². The number of nitrogens with zero attached hydrogens (tertiary/aromatic N) is 2. The summed E-state index contributed by atoms with van der Waals surface area (Å²) in [5.74, 6) is -0.425. The van der Waals surface area contributed by atoms with E-state index in [-0.39, 0.29) is 11.5 Å². The van der Waals surface area contributed by atoms with E-state index in [0.29, 0.717) is 18.1 Å². The van der Waals surface area contributed by atoms with Crippen LogP contribution in [0.15, 0.2) is 6.20 Å². The number of carboxylic acids is 1. The SMILES string of the molecule is CCOC(C)(CC)c1ncc(C(=O)O)c(C(C)C)n1. The third-order valence-corrected chi connectivity index (χ3v) is 3.21. The van der Waals surface area contributed by atoms with Crippen molar-refractivity contribution < 1.29 is 14.6 Å². The van der Waals surface area contributed by atoms with Crippen LogP contribution in [0, 0.1) is 0 Å². The summed E-state index contributed by atoms with van der Waals surface area (Å²) in [7, 11) is 0. The van der Waals surface area contributed by atoms with Crippen LogP contribution in [0.3, 0.4) is 0 Å². The molecule has 0 radical (unpaired) electrons. The zero-order chi connectivity index (χ0) is 14.6. The van der Waals surface area contributed by atoms with Gasteiger partial charge in [-0.1, -0.05) is 20.8 Å². The molecule has 1 aromatic rings. The minimum atomic E-state index is -0.995. The van der Waals surface area contributed by atoms with Crippen molar-refractivity contribution in [2.75, 3.05) is 6.61 Å². The van der Waals surface area contributed by atoms with Crippen LogP contribution in [-0.2, 0) is 10.3 Å². The molecular weight excluding hydrogens is 244 g/mol. The molecule has 1 unspecified atom stereocenters. The van der Waals surface area contributed by atoms with E-state index in [9.17, 15) is 4.79 Å². The Hall–Kier alpha value is -1.49.